The van der Waals surface area contributed by atoms with Gasteiger partial charge >= 0.3 is 5.69 Å². The van der Waals surface area contributed by atoms with Gasteiger partial charge in [-0.2, -0.15) is 4.98 Å². The molecule has 152 valence electrons. The van der Waals surface area contributed by atoms with Gasteiger partial charge in [-0.3, -0.25) is 22.9 Å². The second-order valence-electron chi connectivity index (χ2n) is 6.94. The molecule has 9 heteroatoms. The van der Waals surface area contributed by atoms with Gasteiger partial charge in [0.25, 0.3) is 5.56 Å². The number of fused-ring (bicyclic) bond motifs is 3. The fraction of sp³-hybridized carbons (Fsp3) is 0.350. The summed E-state index contributed by atoms with van der Waals surface area (Å²) in [6, 6.07) is 7.63. The lowest BCUT2D eigenvalue weighted by atomic mass is 10.2. The minimum absolute atomic E-state index is 0.350. The summed E-state index contributed by atoms with van der Waals surface area (Å²) in [6.07, 6.45) is 0. The van der Waals surface area contributed by atoms with Crippen molar-refractivity contribution >= 4 is 16.9 Å². The maximum Gasteiger partial charge on any atom is 0.332 e. The highest BCUT2D eigenvalue weighted by molar-refractivity contribution is 5.77. The maximum atomic E-state index is 12.9. The first-order chi connectivity index (χ1) is 13.9. The van der Waals surface area contributed by atoms with Gasteiger partial charge in [0.05, 0.1) is 12.3 Å². The van der Waals surface area contributed by atoms with Gasteiger partial charge in [-0.1, -0.05) is 12.1 Å². The van der Waals surface area contributed by atoms with Crippen LogP contribution in [0.5, 0.6) is 5.75 Å². The molecule has 0 spiro atoms. The number of hydrogen-bond donors (Lipinski definition) is 0. The van der Waals surface area contributed by atoms with E-state index in [1.165, 1.54) is 11.6 Å². The van der Waals surface area contributed by atoms with Crippen LogP contribution in [0.1, 0.15) is 11.4 Å². The van der Waals surface area contributed by atoms with Gasteiger partial charge in [-0.05, 0) is 26.0 Å². The fourth-order valence-corrected chi connectivity index (χ4v) is 3.61. The standard InChI is InChI=1S/C20H23N5O4/c1-12-13(2)25-16-17(22(3)20(27)23(4)18(16)26)21-19(25)24(12)14-8-6-7-9-15(14)29-11-10-28-5/h6-9H,10-11H2,1-5H3. The van der Waals surface area contributed by atoms with Crippen LogP contribution >= 0.6 is 0 Å². The molecular formula is C20H23N5O4. The van der Waals surface area contributed by atoms with Crippen molar-refractivity contribution in [2.45, 2.75) is 13.8 Å². The van der Waals surface area contributed by atoms with Gasteiger partial charge in [0.2, 0.25) is 5.78 Å². The van der Waals surface area contributed by atoms with E-state index >= 15 is 0 Å². The zero-order valence-corrected chi connectivity index (χ0v) is 17.1. The lowest BCUT2D eigenvalue weighted by Gasteiger charge is -2.13. The number of methoxy groups -OCH3 is 1. The minimum atomic E-state index is -0.410. The topological polar surface area (TPSA) is 84.7 Å². The van der Waals surface area contributed by atoms with Crippen LogP contribution in [0.3, 0.4) is 0 Å². The molecule has 29 heavy (non-hydrogen) atoms. The Morgan fingerprint density at radius 3 is 2.45 bits per heavy atom. The summed E-state index contributed by atoms with van der Waals surface area (Å²) in [5.41, 5.74) is 2.53. The normalized spacial score (nSPS) is 11.6. The van der Waals surface area contributed by atoms with Crippen molar-refractivity contribution in [2.24, 2.45) is 14.1 Å². The highest BCUT2D eigenvalue weighted by atomic mass is 16.5. The quantitative estimate of drug-likeness (QED) is 0.474. The fourth-order valence-electron chi connectivity index (χ4n) is 3.61. The van der Waals surface area contributed by atoms with E-state index in [0.29, 0.717) is 35.9 Å². The van der Waals surface area contributed by atoms with Crippen molar-refractivity contribution in [3.8, 4) is 11.4 Å². The molecule has 0 fully saturated rings. The predicted molar refractivity (Wildman–Crippen MR) is 109 cm³/mol. The van der Waals surface area contributed by atoms with Crippen LogP contribution in [-0.4, -0.2) is 43.4 Å². The lowest BCUT2D eigenvalue weighted by molar-refractivity contribution is 0.146. The number of rotatable bonds is 5. The van der Waals surface area contributed by atoms with E-state index in [-0.39, 0.29) is 5.56 Å². The lowest BCUT2D eigenvalue weighted by Crippen LogP contribution is -2.37. The Morgan fingerprint density at radius 1 is 1.00 bits per heavy atom. The zero-order valence-electron chi connectivity index (χ0n) is 17.1. The van der Waals surface area contributed by atoms with Crippen molar-refractivity contribution in [3.05, 3.63) is 56.5 Å². The average Bonchev–Trinajstić information content (AvgIpc) is 3.21. The van der Waals surface area contributed by atoms with Crippen LogP contribution in [0.4, 0.5) is 0 Å². The molecular weight excluding hydrogens is 374 g/mol. The first kappa shape index (κ1) is 19.0. The summed E-state index contributed by atoms with van der Waals surface area (Å²) in [4.78, 5) is 29.9. The molecule has 3 aromatic heterocycles. The number of ether oxygens (including phenoxy) is 2. The third-order valence-electron chi connectivity index (χ3n) is 5.29. The molecule has 0 aliphatic carbocycles. The summed E-state index contributed by atoms with van der Waals surface area (Å²) in [6.45, 7) is 4.78. The molecule has 0 radical (unpaired) electrons. The van der Waals surface area contributed by atoms with Crippen LogP contribution in [0.25, 0.3) is 22.6 Å². The van der Waals surface area contributed by atoms with E-state index in [4.69, 9.17) is 9.47 Å². The summed E-state index contributed by atoms with van der Waals surface area (Å²) < 4.78 is 17.2. The van der Waals surface area contributed by atoms with Crippen molar-refractivity contribution in [1.82, 2.24) is 23.1 Å². The third-order valence-corrected chi connectivity index (χ3v) is 5.29. The number of aryl methyl sites for hydroxylation is 2. The molecule has 3 heterocycles. The molecule has 0 amide bonds. The summed E-state index contributed by atoms with van der Waals surface area (Å²) in [7, 11) is 4.71. The molecule has 0 atom stereocenters. The first-order valence-electron chi connectivity index (χ1n) is 9.25. The van der Waals surface area contributed by atoms with E-state index in [1.54, 1.807) is 18.6 Å². The van der Waals surface area contributed by atoms with E-state index in [2.05, 4.69) is 4.98 Å². The smallest absolute Gasteiger partial charge is 0.332 e. The summed E-state index contributed by atoms with van der Waals surface area (Å²) in [5.74, 6) is 1.23. The molecule has 9 nitrogen and oxygen atoms in total. The Bertz CT molecular complexity index is 1360. The number of para-hydroxylation sites is 2. The van der Waals surface area contributed by atoms with Crippen LogP contribution in [0.15, 0.2) is 33.9 Å². The highest BCUT2D eigenvalue weighted by Crippen LogP contribution is 2.29. The van der Waals surface area contributed by atoms with Crippen molar-refractivity contribution < 1.29 is 9.47 Å². The molecule has 0 bridgehead atoms. The number of benzene rings is 1. The van der Waals surface area contributed by atoms with Crippen molar-refractivity contribution in [2.75, 3.05) is 20.3 Å². The van der Waals surface area contributed by atoms with Crippen LogP contribution < -0.4 is 16.0 Å². The van der Waals surface area contributed by atoms with Crippen LogP contribution in [0.2, 0.25) is 0 Å². The van der Waals surface area contributed by atoms with Crippen molar-refractivity contribution in [3.63, 3.8) is 0 Å². The van der Waals surface area contributed by atoms with Gasteiger partial charge in [-0.25, -0.2) is 4.79 Å². The molecule has 4 rings (SSSR count). The van der Waals surface area contributed by atoms with Crippen molar-refractivity contribution in [1.29, 1.82) is 0 Å². The summed E-state index contributed by atoms with van der Waals surface area (Å²) in [5, 5.41) is 0. The molecule has 0 aliphatic rings. The zero-order chi connectivity index (χ0) is 20.9. The van der Waals surface area contributed by atoms with E-state index in [9.17, 15) is 9.59 Å². The van der Waals surface area contributed by atoms with E-state index < -0.39 is 5.69 Å². The van der Waals surface area contributed by atoms with Crippen LogP contribution in [-0.2, 0) is 18.8 Å². The monoisotopic (exact) mass is 397 g/mol. The number of aromatic nitrogens is 5. The first-order valence-corrected chi connectivity index (χ1v) is 9.25. The Morgan fingerprint density at radius 2 is 1.72 bits per heavy atom. The Balaban J connectivity index is 2.07. The second kappa shape index (κ2) is 6.93. The Kier molecular flexibility index (Phi) is 4.54. The van der Waals surface area contributed by atoms with Gasteiger partial charge in [0.15, 0.2) is 11.2 Å². The third kappa shape index (κ3) is 2.69. The Hall–Kier alpha value is -3.33. The largest absolute Gasteiger partial charge is 0.489 e. The maximum absolute atomic E-state index is 12.9. The van der Waals surface area contributed by atoms with E-state index in [0.717, 1.165) is 21.6 Å². The molecule has 1 aromatic carbocycles. The van der Waals surface area contributed by atoms with Gasteiger partial charge < -0.3 is 9.47 Å². The molecule has 0 aliphatic heterocycles. The summed E-state index contributed by atoms with van der Waals surface area (Å²) >= 11 is 0. The molecule has 0 N–H and O–H groups in total. The predicted octanol–water partition coefficient (Wildman–Crippen LogP) is 1.32. The SMILES string of the molecule is COCCOc1ccccc1-n1c(C)c(C)n2c3c(=O)n(C)c(=O)n(C)c3nc12. The molecule has 0 saturated heterocycles. The molecule has 4 aromatic rings. The second-order valence-corrected chi connectivity index (χ2v) is 6.94. The highest BCUT2D eigenvalue weighted by Gasteiger charge is 2.23. The minimum Gasteiger partial charge on any atom is -0.489 e. The average molecular weight is 397 g/mol. The number of hydrogen-bond acceptors (Lipinski definition) is 5. The van der Waals surface area contributed by atoms with Gasteiger partial charge in [0.1, 0.15) is 12.4 Å². The van der Waals surface area contributed by atoms with Gasteiger partial charge in [0, 0.05) is 32.6 Å². The number of imidazole rings is 2. The van der Waals surface area contributed by atoms with Crippen LogP contribution in [0, 0.1) is 13.8 Å². The Labute approximate surface area is 166 Å². The van der Waals surface area contributed by atoms with Gasteiger partial charge in [-0.15, -0.1) is 0 Å². The number of nitrogens with zero attached hydrogens (tertiary/aromatic N) is 5. The molecule has 0 saturated carbocycles. The molecule has 0 unspecified atom stereocenters. The van der Waals surface area contributed by atoms with E-state index in [1.807, 2.05) is 42.7 Å².